The Morgan fingerprint density at radius 1 is 1.44 bits per heavy atom. The highest BCUT2D eigenvalue weighted by Crippen LogP contribution is 2.21. The fourth-order valence-corrected chi connectivity index (χ4v) is 2.04. The van der Waals surface area contributed by atoms with Gasteiger partial charge in [0.2, 0.25) is 0 Å². The predicted octanol–water partition coefficient (Wildman–Crippen LogP) is 2.45. The van der Waals surface area contributed by atoms with Crippen LogP contribution in [0, 0.1) is 6.92 Å². The Morgan fingerprint density at radius 2 is 2.06 bits per heavy atom. The third kappa shape index (κ3) is 2.35. The molecule has 0 fully saturated rings. The van der Waals surface area contributed by atoms with E-state index in [2.05, 4.69) is 15.9 Å². The summed E-state index contributed by atoms with van der Waals surface area (Å²) in [5.41, 5.74) is 0.505. The first-order valence-electron chi connectivity index (χ1n) is 5.02. The monoisotopic (exact) mass is 288 g/mol. The Labute approximate surface area is 102 Å². The normalized spacial score (nSPS) is 10.2. The van der Waals surface area contributed by atoms with Crippen molar-refractivity contribution in [2.75, 3.05) is 6.61 Å². The average molecular weight is 289 g/mol. The molecule has 0 atom stereocenters. The molecule has 16 heavy (non-hydrogen) atoms. The lowest BCUT2D eigenvalue weighted by molar-refractivity contribution is 0.0520. The van der Waals surface area contributed by atoms with Gasteiger partial charge in [0.25, 0.3) is 0 Å². The van der Waals surface area contributed by atoms with E-state index in [1.165, 1.54) is 0 Å². The Balaban J connectivity index is 3.42. The molecule has 0 spiro atoms. The molecule has 0 bridgehead atoms. The molecular weight excluding hydrogens is 276 g/mol. The van der Waals surface area contributed by atoms with Gasteiger partial charge in [-0.25, -0.2) is 9.59 Å². The molecule has 0 aliphatic heterocycles. The zero-order valence-electron chi connectivity index (χ0n) is 9.43. The largest absolute Gasteiger partial charge is 0.462 e. The van der Waals surface area contributed by atoms with E-state index in [1.807, 2.05) is 6.92 Å². The lowest BCUT2D eigenvalue weighted by atomic mass is 10.1. The molecule has 0 unspecified atom stereocenters. The number of aryl methyl sites for hydroxylation is 1. The van der Waals surface area contributed by atoms with Gasteiger partial charge in [-0.3, -0.25) is 0 Å². The van der Waals surface area contributed by atoms with E-state index >= 15 is 0 Å². The quantitative estimate of drug-likeness (QED) is 0.802. The number of rotatable bonds is 3. The number of hydrogen-bond donors (Lipinski definition) is 0. The van der Waals surface area contributed by atoms with Gasteiger partial charge < -0.3 is 9.15 Å². The zero-order valence-corrected chi connectivity index (χ0v) is 11.0. The van der Waals surface area contributed by atoms with Gasteiger partial charge in [0, 0.05) is 0 Å². The number of carbonyl (C=O) groups excluding carboxylic acids is 1. The van der Waals surface area contributed by atoms with Crippen molar-refractivity contribution in [2.45, 2.75) is 27.2 Å². The fraction of sp³-hybridized carbons (Fsp3) is 0.455. The number of carbonyl (C=O) groups is 1. The smallest absolute Gasteiger partial charge is 0.350 e. The Hall–Kier alpha value is -1.10. The van der Waals surface area contributed by atoms with Crippen LogP contribution in [-0.4, -0.2) is 12.6 Å². The minimum atomic E-state index is -0.470. The van der Waals surface area contributed by atoms with Crippen molar-refractivity contribution >= 4 is 21.9 Å². The number of hydrogen-bond acceptors (Lipinski definition) is 4. The molecule has 0 saturated heterocycles. The first kappa shape index (κ1) is 13.0. The summed E-state index contributed by atoms with van der Waals surface area (Å²) in [6, 6.07) is 0. The minimum absolute atomic E-state index is 0.290. The van der Waals surface area contributed by atoms with Crippen molar-refractivity contribution in [3.8, 4) is 0 Å². The van der Waals surface area contributed by atoms with Gasteiger partial charge >= 0.3 is 11.6 Å². The molecule has 1 aromatic rings. The first-order chi connectivity index (χ1) is 7.52. The van der Waals surface area contributed by atoms with Crippen LogP contribution >= 0.6 is 15.9 Å². The van der Waals surface area contributed by atoms with Gasteiger partial charge in [-0.2, -0.15) is 0 Å². The van der Waals surface area contributed by atoms with Crippen molar-refractivity contribution in [2.24, 2.45) is 0 Å². The van der Waals surface area contributed by atoms with E-state index in [0.717, 1.165) is 0 Å². The lowest BCUT2D eigenvalue weighted by Crippen LogP contribution is -2.15. The maximum absolute atomic E-state index is 11.7. The predicted molar refractivity (Wildman–Crippen MR) is 62.7 cm³/mol. The van der Waals surface area contributed by atoms with Gasteiger partial charge in [-0.05, 0) is 41.8 Å². The standard InChI is InChI=1S/C11H13BrO4/c1-4-7-8(10(13)15-5-2)6(3)16-11(14)9(7)12/h4-5H2,1-3H3. The number of ether oxygens (including phenoxy) is 1. The molecule has 0 radical (unpaired) electrons. The highest BCUT2D eigenvalue weighted by molar-refractivity contribution is 9.10. The third-order valence-corrected chi connectivity index (χ3v) is 2.98. The van der Waals surface area contributed by atoms with E-state index in [4.69, 9.17) is 9.15 Å². The Bertz CT molecular complexity index is 462. The van der Waals surface area contributed by atoms with Crippen LogP contribution in [0.15, 0.2) is 13.7 Å². The molecule has 1 rings (SSSR count). The Kier molecular flexibility index (Phi) is 4.29. The van der Waals surface area contributed by atoms with Gasteiger partial charge in [-0.1, -0.05) is 6.92 Å². The maximum atomic E-state index is 11.7. The Morgan fingerprint density at radius 3 is 2.56 bits per heavy atom. The van der Waals surface area contributed by atoms with Crippen LogP contribution in [0.3, 0.4) is 0 Å². The summed E-state index contributed by atoms with van der Waals surface area (Å²) >= 11 is 3.13. The summed E-state index contributed by atoms with van der Waals surface area (Å²) in [6.45, 7) is 5.46. The van der Waals surface area contributed by atoms with Crippen LogP contribution in [0.5, 0.6) is 0 Å². The van der Waals surface area contributed by atoms with Crippen molar-refractivity contribution < 1.29 is 13.9 Å². The average Bonchev–Trinajstić information content (AvgIpc) is 2.23. The first-order valence-corrected chi connectivity index (χ1v) is 5.81. The molecule has 0 N–H and O–H groups in total. The summed E-state index contributed by atoms with van der Waals surface area (Å²) in [5, 5.41) is 0. The topological polar surface area (TPSA) is 56.5 Å². The van der Waals surface area contributed by atoms with Crippen LogP contribution < -0.4 is 5.63 Å². The van der Waals surface area contributed by atoms with Gasteiger partial charge in [0.1, 0.15) is 15.8 Å². The SMILES string of the molecule is CCOC(=O)c1c(C)oc(=O)c(Br)c1CC. The minimum Gasteiger partial charge on any atom is -0.462 e. The summed E-state index contributed by atoms with van der Waals surface area (Å²) < 4.78 is 10.2. The molecule has 0 aliphatic carbocycles. The lowest BCUT2D eigenvalue weighted by Gasteiger charge is -2.10. The van der Waals surface area contributed by atoms with Gasteiger partial charge in [0.05, 0.1) is 6.61 Å². The molecule has 4 nitrogen and oxygen atoms in total. The van der Waals surface area contributed by atoms with E-state index in [-0.39, 0.29) is 6.61 Å². The third-order valence-electron chi connectivity index (χ3n) is 2.18. The summed E-state index contributed by atoms with van der Waals surface area (Å²) in [5.74, 6) is -0.162. The maximum Gasteiger partial charge on any atom is 0.350 e. The van der Waals surface area contributed by atoms with Gasteiger partial charge in [-0.15, -0.1) is 0 Å². The number of halogens is 1. The van der Waals surface area contributed by atoms with Crippen molar-refractivity contribution in [3.05, 3.63) is 31.8 Å². The zero-order chi connectivity index (χ0) is 12.3. The second-order valence-corrected chi connectivity index (χ2v) is 3.98. The highest BCUT2D eigenvalue weighted by Gasteiger charge is 2.21. The van der Waals surface area contributed by atoms with Gasteiger partial charge in [0.15, 0.2) is 0 Å². The molecule has 0 aromatic carbocycles. The molecule has 1 heterocycles. The summed E-state index contributed by atoms with van der Waals surface area (Å²) in [4.78, 5) is 23.1. The van der Waals surface area contributed by atoms with Crippen LogP contribution in [-0.2, 0) is 11.2 Å². The second-order valence-electron chi connectivity index (χ2n) is 3.19. The van der Waals surface area contributed by atoms with Crippen LogP contribution in [0.2, 0.25) is 0 Å². The molecule has 88 valence electrons. The summed E-state index contributed by atoms with van der Waals surface area (Å²) in [7, 11) is 0. The molecule has 1 aromatic heterocycles. The number of esters is 1. The van der Waals surface area contributed by atoms with Crippen molar-refractivity contribution in [3.63, 3.8) is 0 Å². The van der Waals surface area contributed by atoms with E-state index in [9.17, 15) is 9.59 Å². The van der Waals surface area contributed by atoms with Crippen LogP contribution in [0.1, 0.15) is 35.5 Å². The highest BCUT2D eigenvalue weighted by atomic mass is 79.9. The molecular formula is C11H13BrO4. The van der Waals surface area contributed by atoms with E-state index in [0.29, 0.717) is 27.8 Å². The molecule has 0 amide bonds. The fourth-order valence-electron chi connectivity index (χ4n) is 1.48. The van der Waals surface area contributed by atoms with Crippen molar-refractivity contribution in [1.82, 2.24) is 0 Å². The molecule has 0 saturated carbocycles. The van der Waals surface area contributed by atoms with E-state index in [1.54, 1.807) is 13.8 Å². The van der Waals surface area contributed by atoms with Crippen LogP contribution in [0.25, 0.3) is 0 Å². The second kappa shape index (κ2) is 5.30. The van der Waals surface area contributed by atoms with Crippen molar-refractivity contribution in [1.29, 1.82) is 0 Å². The van der Waals surface area contributed by atoms with E-state index < -0.39 is 11.6 Å². The molecule has 5 heteroatoms. The van der Waals surface area contributed by atoms with Crippen LogP contribution in [0.4, 0.5) is 0 Å². The summed E-state index contributed by atoms with van der Waals surface area (Å²) in [6.07, 6.45) is 0.557. The molecule has 0 aliphatic rings.